The van der Waals surface area contributed by atoms with E-state index in [1.165, 1.54) is 12.3 Å². The molecule has 0 saturated carbocycles. The van der Waals surface area contributed by atoms with E-state index in [9.17, 15) is 18.0 Å². The number of benzene rings is 1. The van der Waals surface area contributed by atoms with Crippen LogP contribution in [0.4, 0.5) is 19.0 Å². The Morgan fingerprint density at radius 3 is 2.55 bits per heavy atom. The van der Waals surface area contributed by atoms with Crippen molar-refractivity contribution >= 4 is 22.6 Å². The van der Waals surface area contributed by atoms with Gasteiger partial charge in [0.05, 0.1) is 6.20 Å². The first-order chi connectivity index (χ1) is 9.25. The number of nitrogens with one attached hydrogen (secondary N) is 1. The Hall–Kier alpha value is -2.38. The highest BCUT2D eigenvalue weighted by atomic mass is 19.4. The van der Waals surface area contributed by atoms with Crippen LogP contribution in [0.5, 0.6) is 0 Å². The number of nitrogens with zero attached hydrogens (tertiary/aromatic N) is 2. The predicted octanol–water partition coefficient (Wildman–Crippen LogP) is 2.45. The molecular weight excluding hydrogens is 275 g/mol. The van der Waals surface area contributed by atoms with Crippen LogP contribution < -0.4 is 5.32 Å². The minimum absolute atomic E-state index is 0.231. The highest BCUT2D eigenvalue weighted by Crippen LogP contribution is 2.34. The summed E-state index contributed by atoms with van der Waals surface area (Å²) in [5.41, 5.74) is -3.15. The molecule has 2 aromatic rings. The molecule has 5 nitrogen and oxygen atoms in total. The molecule has 2 N–H and O–H groups in total. The van der Waals surface area contributed by atoms with Crippen LogP contribution in [0.3, 0.4) is 0 Å². The van der Waals surface area contributed by atoms with Gasteiger partial charge >= 0.3 is 12.1 Å². The van der Waals surface area contributed by atoms with Crippen LogP contribution in [-0.4, -0.2) is 33.0 Å². The van der Waals surface area contributed by atoms with Crippen molar-refractivity contribution in [2.45, 2.75) is 18.6 Å². The first kappa shape index (κ1) is 14.0. The second-order valence-corrected chi connectivity index (χ2v) is 4.33. The molecule has 0 saturated heterocycles. The lowest BCUT2D eigenvalue weighted by Crippen LogP contribution is -2.55. The molecular formula is C12H10F3N3O2. The number of carbonyl (C=O) groups is 1. The number of carboxylic acid groups (broad SMARTS) is 1. The van der Waals surface area contributed by atoms with Gasteiger partial charge in [0.15, 0.2) is 5.82 Å². The number of rotatable bonds is 3. The molecule has 20 heavy (non-hydrogen) atoms. The third-order valence-electron chi connectivity index (χ3n) is 2.93. The van der Waals surface area contributed by atoms with Crippen molar-refractivity contribution in [3.63, 3.8) is 0 Å². The van der Waals surface area contributed by atoms with E-state index in [-0.39, 0.29) is 5.82 Å². The van der Waals surface area contributed by atoms with E-state index in [4.69, 9.17) is 5.11 Å². The Kier molecular flexibility index (Phi) is 3.24. The van der Waals surface area contributed by atoms with Crippen molar-refractivity contribution in [1.29, 1.82) is 0 Å². The Morgan fingerprint density at radius 2 is 1.95 bits per heavy atom. The maximum Gasteiger partial charge on any atom is 0.422 e. The number of hydrogen-bond acceptors (Lipinski definition) is 4. The number of fused-ring (bicyclic) bond motifs is 1. The molecule has 8 heteroatoms. The van der Waals surface area contributed by atoms with Crippen molar-refractivity contribution < 1.29 is 23.1 Å². The molecule has 0 aliphatic heterocycles. The van der Waals surface area contributed by atoms with Gasteiger partial charge in [-0.05, 0) is 6.92 Å². The molecule has 1 aromatic carbocycles. The normalized spacial score (nSPS) is 14.8. The molecule has 1 atom stereocenters. The maximum atomic E-state index is 12.9. The lowest BCUT2D eigenvalue weighted by molar-refractivity contribution is -0.192. The second-order valence-electron chi connectivity index (χ2n) is 4.33. The zero-order valence-electron chi connectivity index (χ0n) is 10.3. The van der Waals surface area contributed by atoms with Gasteiger partial charge in [0, 0.05) is 10.8 Å². The van der Waals surface area contributed by atoms with Gasteiger partial charge in [0.25, 0.3) is 0 Å². The number of aliphatic carboxylic acids is 1. The third kappa shape index (κ3) is 2.24. The average Bonchev–Trinajstić information content (AvgIpc) is 2.37. The SMILES string of the molecule is CC(Nc1nncc2ccccc12)(C(=O)O)C(F)(F)F. The van der Waals surface area contributed by atoms with E-state index in [0.29, 0.717) is 17.7 Å². The van der Waals surface area contributed by atoms with E-state index in [1.54, 1.807) is 18.2 Å². The van der Waals surface area contributed by atoms with Gasteiger partial charge in [-0.3, -0.25) is 0 Å². The van der Waals surface area contributed by atoms with Crippen LogP contribution in [-0.2, 0) is 4.79 Å². The fraction of sp³-hybridized carbons (Fsp3) is 0.250. The molecule has 1 unspecified atom stereocenters. The maximum absolute atomic E-state index is 12.9. The van der Waals surface area contributed by atoms with Crippen LogP contribution in [0, 0.1) is 0 Å². The van der Waals surface area contributed by atoms with Crippen molar-refractivity contribution in [3.8, 4) is 0 Å². The smallest absolute Gasteiger partial charge is 0.422 e. The molecule has 0 aliphatic carbocycles. The first-order valence-corrected chi connectivity index (χ1v) is 5.54. The Morgan fingerprint density at radius 1 is 1.30 bits per heavy atom. The van der Waals surface area contributed by atoms with Crippen LogP contribution >= 0.6 is 0 Å². The van der Waals surface area contributed by atoms with Gasteiger partial charge in [0.2, 0.25) is 5.54 Å². The summed E-state index contributed by atoms with van der Waals surface area (Å²) in [6.45, 7) is 0.540. The van der Waals surface area contributed by atoms with Gasteiger partial charge in [-0.15, -0.1) is 5.10 Å². The predicted molar refractivity (Wildman–Crippen MR) is 65.3 cm³/mol. The number of halogens is 3. The third-order valence-corrected chi connectivity index (χ3v) is 2.93. The lowest BCUT2D eigenvalue weighted by atomic mass is 10.0. The number of alkyl halides is 3. The Labute approximate surface area is 111 Å². The number of carboxylic acids is 1. The molecule has 0 radical (unpaired) electrons. The molecule has 1 heterocycles. The molecule has 0 amide bonds. The number of anilines is 1. The minimum Gasteiger partial charge on any atom is -0.479 e. The summed E-state index contributed by atoms with van der Waals surface area (Å²) in [5, 5.41) is 18.9. The zero-order chi connectivity index (χ0) is 15.0. The highest BCUT2D eigenvalue weighted by molar-refractivity contribution is 5.93. The van der Waals surface area contributed by atoms with Gasteiger partial charge in [-0.2, -0.15) is 18.3 Å². The summed E-state index contributed by atoms with van der Waals surface area (Å²) in [5.74, 6) is -2.27. The highest BCUT2D eigenvalue weighted by Gasteiger charge is 2.58. The summed E-state index contributed by atoms with van der Waals surface area (Å²) in [4.78, 5) is 11.0. The molecule has 1 aromatic heterocycles. The van der Waals surface area contributed by atoms with Crippen LogP contribution in [0.15, 0.2) is 30.5 Å². The lowest BCUT2D eigenvalue weighted by Gasteiger charge is -2.29. The molecule has 0 fully saturated rings. The second kappa shape index (κ2) is 4.62. The topological polar surface area (TPSA) is 75.1 Å². The Bertz CT molecular complexity index is 654. The van der Waals surface area contributed by atoms with Crippen molar-refractivity contribution in [2.24, 2.45) is 0 Å². The standard InChI is InChI=1S/C12H10F3N3O2/c1-11(10(19)20,12(13,14)15)17-9-8-5-3-2-4-7(8)6-16-18-9/h2-6H,1H3,(H,17,18)(H,19,20). The molecule has 106 valence electrons. The number of aromatic nitrogens is 2. The van der Waals surface area contributed by atoms with E-state index in [0.717, 1.165) is 0 Å². The summed E-state index contributed by atoms with van der Waals surface area (Å²) < 4.78 is 38.8. The van der Waals surface area contributed by atoms with Gasteiger partial charge in [-0.1, -0.05) is 24.3 Å². The number of hydrogen-bond donors (Lipinski definition) is 2. The molecule has 0 aliphatic rings. The molecule has 0 bridgehead atoms. The van der Waals surface area contributed by atoms with Crippen molar-refractivity contribution in [2.75, 3.05) is 5.32 Å². The minimum atomic E-state index is -4.99. The van der Waals surface area contributed by atoms with Crippen LogP contribution in [0.1, 0.15) is 6.92 Å². The van der Waals surface area contributed by atoms with E-state index < -0.39 is 17.7 Å². The summed E-state index contributed by atoms with van der Waals surface area (Å²) in [6, 6.07) is 6.47. The van der Waals surface area contributed by atoms with E-state index >= 15 is 0 Å². The van der Waals surface area contributed by atoms with Gasteiger partial charge in [-0.25, -0.2) is 4.79 Å². The fourth-order valence-electron chi connectivity index (χ4n) is 1.60. The fourth-order valence-corrected chi connectivity index (χ4v) is 1.60. The first-order valence-electron chi connectivity index (χ1n) is 5.54. The van der Waals surface area contributed by atoms with Gasteiger partial charge in [0.1, 0.15) is 0 Å². The van der Waals surface area contributed by atoms with Crippen LogP contribution in [0.25, 0.3) is 10.8 Å². The summed E-state index contributed by atoms with van der Waals surface area (Å²) >= 11 is 0. The quantitative estimate of drug-likeness (QED) is 0.906. The average molecular weight is 285 g/mol. The Balaban J connectivity index is 2.53. The van der Waals surface area contributed by atoms with Crippen molar-refractivity contribution in [3.05, 3.63) is 30.5 Å². The summed E-state index contributed by atoms with van der Waals surface area (Å²) in [7, 11) is 0. The largest absolute Gasteiger partial charge is 0.479 e. The van der Waals surface area contributed by atoms with Crippen molar-refractivity contribution in [1.82, 2.24) is 10.2 Å². The molecule has 2 rings (SSSR count). The molecule has 0 spiro atoms. The zero-order valence-corrected chi connectivity index (χ0v) is 10.3. The van der Waals surface area contributed by atoms with Crippen LogP contribution in [0.2, 0.25) is 0 Å². The van der Waals surface area contributed by atoms with Gasteiger partial charge < -0.3 is 10.4 Å². The van der Waals surface area contributed by atoms with E-state index in [1.807, 2.05) is 5.32 Å². The van der Waals surface area contributed by atoms with E-state index in [2.05, 4.69) is 10.2 Å². The monoisotopic (exact) mass is 285 g/mol. The summed E-state index contributed by atoms with van der Waals surface area (Å²) in [6.07, 6.45) is -3.61.